The SMILES string of the molecule is CCN(CC)C(=N)c1cc2nccc(Oc3ccc(N)cc3F)c2s1. The van der Waals surface area contributed by atoms with Crippen LogP contribution in [0.2, 0.25) is 0 Å². The first-order valence-electron chi connectivity index (χ1n) is 7.98. The third-order valence-electron chi connectivity index (χ3n) is 3.86. The number of thiophene rings is 1. The lowest BCUT2D eigenvalue weighted by atomic mass is 10.3. The largest absolute Gasteiger partial charge is 0.453 e. The Balaban J connectivity index is 1.98. The number of hydrogen-bond donors (Lipinski definition) is 2. The van der Waals surface area contributed by atoms with E-state index in [1.165, 1.54) is 23.5 Å². The summed E-state index contributed by atoms with van der Waals surface area (Å²) in [6.07, 6.45) is 1.62. The van der Waals surface area contributed by atoms with Gasteiger partial charge in [-0.2, -0.15) is 0 Å². The maximum Gasteiger partial charge on any atom is 0.167 e. The van der Waals surface area contributed by atoms with Crippen molar-refractivity contribution in [3.05, 3.63) is 47.2 Å². The minimum atomic E-state index is -0.516. The highest BCUT2D eigenvalue weighted by molar-refractivity contribution is 7.21. The number of aromatic nitrogens is 1. The molecule has 0 aliphatic carbocycles. The van der Waals surface area contributed by atoms with E-state index in [1.54, 1.807) is 18.3 Å². The average molecular weight is 358 g/mol. The molecule has 0 aliphatic heterocycles. The maximum atomic E-state index is 14.0. The number of rotatable bonds is 5. The third kappa shape index (κ3) is 3.41. The molecule has 1 aromatic carbocycles. The predicted molar refractivity (Wildman–Crippen MR) is 100 cm³/mol. The lowest BCUT2D eigenvalue weighted by molar-refractivity contribution is 0.447. The molecule has 0 bridgehead atoms. The molecule has 130 valence electrons. The normalized spacial score (nSPS) is 10.8. The highest BCUT2D eigenvalue weighted by Crippen LogP contribution is 2.36. The van der Waals surface area contributed by atoms with Crippen LogP contribution in [0.4, 0.5) is 10.1 Å². The van der Waals surface area contributed by atoms with E-state index < -0.39 is 5.82 Å². The number of amidine groups is 1. The maximum absolute atomic E-state index is 14.0. The smallest absolute Gasteiger partial charge is 0.167 e. The van der Waals surface area contributed by atoms with Crippen molar-refractivity contribution in [1.82, 2.24) is 9.88 Å². The highest BCUT2D eigenvalue weighted by atomic mass is 32.1. The minimum Gasteiger partial charge on any atom is -0.453 e. The molecule has 0 spiro atoms. The molecule has 2 heterocycles. The van der Waals surface area contributed by atoms with E-state index in [9.17, 15) is 4.39 Å². The number of hydrogen-bond acceptors (Lipinski definition) is 5. The Labute approximate surface area is 149 Å². The highest BCUT2D eigenvalue weighted by Gasteiger charge is 2.16. The number of nitrogens with zero attached hydrogens (tertiary/aromatic N) is 2. The third-order valence-corrected chi connectivity index (χ3v) is 5.01. The first-order valence-corrected chi connectivity index (χ1v) is 8.80. The molecule has 0 saturated heterocycles. The van der Waals surface area contributed by atoms with Crippen LogP contribution < -0.4 is 10.5 Å². The van der Waals surface area contributed by atoms with Crippen molar-refractivity contribution in [1.29, 1.82) is 5.41 Å². The summed E-state index contributed by atoms with van der Waals surface area (Å²) in [7, 11) is 0. The fourth-order valence-electron chi connectivity index (χ4n) is 2.53. The number of fused-ring (bicyclic) bond motifs is 1. The number of nitrogens with two attached hydrogens (primary N) is 1. The summed E-state index contributed by atoms with van der Waals surface area (Å²) in [5.74, 6) is 0.558. The van der Waals surface area contributed by atoms with Crippen LogP contribution in [0, 0.1) is 11.2 Å². The van der Waals surface area contributed by atoms with Gasteiger partial charge in [0.1, 0.15) is 11.6 Å². The molecule has 0 fully saturated rings. The molecule has 0 saturated carbocycles. The van der Waals surface area contributed by atoms with Gasteiger partial charge in [0.05, 0.1) is 15.1 Å². The first kappa shape index (κ1) is 17.2. The molecule has 2 aromatic heterocycles. The quantitative estimate of drug-likeness (QED) is 0.401. The van der Waals surface area contributed by atoms with Gasteiger partial charge in [-0.05, 0) is 32.0 Å². The Hall–Kier alpha value is -2.67. The summed E-state index contributed by atoms with van der Waals surface area (Å²) in [5, 5.41) is 8.36. The Morgan fingerprint density at radius 1 is 1.24 bits per heavy atom. The van der Waals surface area contributed by atoms with Crippen molar-refractivity contribution < 1.29 is 9.13 Å². The minimum absolute atomic E-state index is 0.107. The number of benzene rings is 1. The van der Waals surface area contributed by atoms with Crippen LogP contribution in [0.1, 0.15) is 18.7 Å². The number of ether oxygens (including phenoxy) is 1. The van der Waals surface area contributed by atoms with Crippen LogP contribution >= 0.6 is 11.3 Å². The van der Waals surface area contributed by atoms with Crippen LogP contribution in [-0.4, -0.2) is 28.8 Å². The fraction of sp³-hybridized carbons (Fsp3) is 0.222. The summed E-state index contributed by atoms with van der Waals surface area (Å²) in [6, 6.07) is 7.88. The van der Waals surface area contributed by atoms with Crippen LogP contribution in [0.15, 0.2) is 36.5 Å². The fourth-order valence-corrected chi connectivity index (χ4v) is 3.57. The van der Waals surface area contributed by atoms with Gasteiger partial charge in [-0.3, -0.25) is 10.4 Å². The molecule has 0 amide bonds. The monoisotopic (exact) mass is 358 g/mol. The lowest BCUT2D eigenvalue weighted by Gasteiger charge is -2.20. The van der Waals surface area contributed by atoms with Gasteiger partial charge in [-0.1, -0.05) is 0 Å². The lowest BCUT2D eigenvalue weighted by Crippen LogP contribution is -2.29. The van der Waals surface area contributed by atoms with E-state index in [0.717, 1.165) is 28.2 Å². The van der Waals surface area contributed by atoms with Crippen molar-refractivity contribution in [3.63, 3.8) is 0 Å². The van der Waals surface area contributed by atoms with Crippen molar-refractivity contribution >= 4 is 33.1 Å². The van der Waals surface area contributed by atoms with Crippen LogP contribution in [-0.2, 0) is 0 Å². The molecule has 0 aliphatic rings. The molecular weight excluding hydrogens is 339 g/mol. The second-order valence-electron chi connectivity index (χ2n) is 5.45. The molecule has 0 radical (unpaired) electrons. The Bertz CT molecular complexity index is 921. The van der Waals surface area contributed by atoms with Crippen LogP contribution in [0.25, 0.3) is 10.2 Å². The molecule has 3 aromatic rings. The molecule has 0 atom stereocenters. The van der Waals surface area contributed by atoms with Gasteiger partial charge < -0.3 is 15.4 Å². The number of nitrogen functional groups attached to an aromatic ring is 1. The summed E-state index contributed by atoms with van der Waals surface area (Å²) in [5.41, 5.74) is 6.64. The summed E-state index contributed by atoms with van der Waals surface area (Å²) >= 11 is 1.42. The van der Waals surface area contributed by atoms with Gasteiger partial charge >= 0.3 is 0 Å². The molecular formula is C18H19FN4OS. The number of anilines is 1. The van der Waals surface area contributed by atoms with Crippen LogP contribution in [0.3, 0.4) is 0 Å². The van der Waals surface area contributed by atoms with Gasteiger partial charge in [-0.15, -0.1) is 11.3 Å². The van der Waals surface area contributed by atoms with Crippen LogP contribution in [0.5, 0.6) is 11.5 Å². The molecule has 5 nitrogen and oxygen atoms in total. The van der Waals surface area contributed by atoms with Gasteiger partial charge in [0.2, 0.25) is 0 Å². The Morgan fingerprint density at radius 2 is 2.00 bits per heavy atom. The van der Waals surface area contributed by atoms with E-state index in [1.807, 2.05) is 24.8 Å². The van der Waals surface area contributed by atoms with Gasteiger partial charge in [-0.25, -0.2) is 4.39 Å². The van der Waals surface area contributed by atoms with E-state index in [-0.39, 0.29) is 5.75 Å². The molecule has 25 heavy (non-hydrogen) atoms. The second-order valence-corrected chi connectivity index (χ2v) is 6.50. The van der Waals surface area contributed by atoms with Gasteiger partial charge in [0.25, 0.3) is 0 Å². The van der Waals surface area contributed by atoms with Crippen molar-refractivity contribution in [2.24, 2.45) is 0 Å². The van der Waals surface area contributed by atoms with E-state index in [0.29, 0.717) is 17.3 Å². The van der Waals surface area contributed by atoms with E-state index >= 15 is 0 Å². The summed E-state index contributed by atoms with van der Waals surface area (Å²) < 4.78 is 20.5. The zero-order valence-corrected chi connectivity index (χ0v) is 14.9. The van der Waals surface area contributed by atoms with Crippen molar-refractivity contribution in [2.75, 3.05) is 18.8 Å². The zero-order valence-electron chi connectivity index (χ0n) is 14.0. The zero-order chi connectivity index (χ0) is 18.0. The van der Waals surface area contributed by atoms with Gasteiger partial charge in [0, 0.05) is 37.1 Å². The number of pyridine rings is 1. The summed E-state index contributed by atoms with van der Waals surface area (Å²) in [4.78, 5) is 7.10. The van der Waals surface area contributed by atoms with E-state index in [4.69, 9.17) is 15.9 Å². The average Bonchev–Trinajstić information content (AvgIpc) is 3.03. The molecule has 3 rings (SSSR count). The topological polar surface area (TPSA) is 75.2 Å². The standard InChI is InChI=1S/C18H19FN4OS/c1-3-23(4-2)18(21)16-10-13-17(25-16)15(7-8-22-13)24-14-6-5-11(20)9-12(14)19/h5-10,21H,3-4,20H2,1-2H3. The summed E-state index contributed by atoms with van der Waals surface area (Å²) in [6.45, 7) is 5.55. The van der Waals surface area contributed by atoms with Crippen molar-refractivity contribution in [3.8, 4) is 11.5 Å². The Kier molecular flexibility index (Phi) is 4.85. The second kappa shape index (κ2) is 7.06. The Morgan fingerprint density at radius 3 is 2.68 bits per heavy atom. The predicted octanol–water partition coefficient (Wildman–Crippen LogP) is 4.48. The molecule has 3 N–H and O–H groups in total. The number of halogens is 1. The molecule has 7 heteroatoms. The molecule has 0 unspecified atom stereocenters. The number of nitrogens with one attached hydrogen (secondary N) is 1. The van der Waals surface area contributed by atoms with Crippen molar-refractivity contribution in [2.45, 2.75) is 13.8 Å². The first-order chi connectivity index (χ1) is 12.0. The van der Waals surface area contributed by atoms with E-state index in [2.05, 4.69) is 4.98 Å². The van der Waals surface area contributed by atoms with Gasteiger partial charge in [0.15, 0.2) is 11.6 Å².